The fourth-order valence-corrected chi connectivity index (χ4v) is 2.67. The Balaban J connectivity index is 1.47. The van der Waals surface area contributed by atoms with Gasteiger partial charge in [0.2, 0.25) is 0 Å². The average molecular weight is 453 g/mol. The van der Waals surface area contributed by atoms with Gasteiger partial charge in [-0.3, -0.25) is 4.79 Å². The van der Waals surface area contributed by atoms with Crippen molar-refractivity contribution >= 4 is 23.6 Å². The molecule has 0 fully saturated rings. The Kier molecular flexibility index (Phi) is 8.13. The number of rotatable bonds is 9. The number of carbonyl (C=O) groups is 2. The van der Waals surface area contributed by atoms with E-state index in [1.54, 1.807) is 24.3 Å². The highest BCUT2D eigenvalue weighted by Crippen LogP contribution is 2.22. The van der Waals surface area contributed by atoms with Gasteiger partial charge in [-0.1, -0.05) is 30.3 Å². The van der Waals surface area contributed by atoms with E-state index in [9.17, 15) is 18.4 Å². The molecule has 3 aromatic rings. The van der Waals surface area contributed by atoms with Crippen LogP contribution in [-0.2, 0) is 14.3 Å². The second-order valence-electron chi connectivity index (χ2n) is 6.79. The van der Waals surface area contributed by atoms with Crippen molar-refractivity contribution in [1.29, 1.82) is 0 Å². The summed E-state index contributed by atoms with van der Waals surface area (Å²) in [6.07, 6.45) is 1.54. The number of para-hydroxylation sites is 1. The number of anilines is 1. The maximum absolute atomic E-state index is 12.3. The van der Waals surface area contributed by atoms with Crippen molar-refractivity contribution in [2.45, 2.75) is 19.6 Å². The lowest BCUT2D eigenvalue weighted by molar-refractivity contribution is -0.148. The van der Waals surface area contributed by atoms with Crippen LogP contribution in [0.25, 0.3) is 6.08 Å². The van der Waals surface area contributed by atoms with Crippen molar-refractivity contribution < 1.29 is 32.6 Å². The molecule has 0 saturated heterocycles. The number of halogens is 2. The average Bonchev–Trinajstić information content (AvgIpc) is 2.80. The maximum Gasteiger partial charge on any atom is 0.387 e. The normalized spacial score (nSPS) is 11.8. The summed E-state index contributed by atoms with van der Waals surface area (Å²) in [6.45, 7) is -1.46. The summed E-state index contributed by atoms with van der Waals surface area (Å²) in [6, 6.07) is 21.7. The Morgan fingerprint density at radius 1 is 0.848 bits per heavy atom. The highest BCUT2D eigenvalue weighted by atomic mass is 19.3. The molecule has 0 heterocycles. The van der Waals surface area contributed by atoms with E-state index >= 15 is 0 Å². The molecule has 0 spiro atoms. The first-order valence-corrected chi connectivity index (χ1v) is 9.96. The van der Waals surface area contributed by atoms with Crippen LogP contribution in [0.4, 0.5) is 14.5 Å². The number of esters is 1. The van der Waals surface area contributed by atoms with E-state index in [0.717, 1.165) is 6.08 Å². The molecule has 0 radical (unpaired) electrons. The third-order valence-corrected chi connectivity index (χ3v) is 4.28. The molecule has 170 valence electrons. The van der Waals surface area contributed by atoms with Crippen molar-refractivity contribution in [2.75, 3.05) is 5.32 Å². The number of amides is 1. The summed E-state index contributed by atoms with van der Waals surface area (Å²) in [5, 5.41) is 2.66. The Hall–Kier alpha value is -4.20. The van der Waals surface area contributed by atoms with E-state index in [0.29, 0.717) is 22.7 Å². The van der Waals surface area contributed by atoms with Crippen LogP contribution in [0.5, 0.6) is 17.2 Å². The van der Waals surface area contributed by atoms with Gasteiger partial charge in [-0.2, -0.15) is 8.78 Å². The number of nitrogens with one attached hydrogen (secondary N) is 1. The second-order valence-corrected chi connectivity index (χ2v) is 6.79. The van der Waals surface area contributed by atoms with E-state index < -0.39 is 24.6 Å². The molecule has 1 amide bonds. The molecule has 0 aromatic heterocycles. The molecule has 1 atom stereocenters. The van der Waals surface area contributed by atoms with Gasteiger partial charge in [-0.25, -0.2) is 4.79 Å². The molecule has 33 heavy (non-hydrogen) atoms. The minimum Gasteiger partial charge on any atom is -0.457 e. The fourth-order valence-electron chi connectivity index (χ4n) is 2.67. The summed E-state index contributed by atoms with van der Waals surface area (Å²) in [5.41, 5.74) is 1.09. The van der Waals surface area contributed by atoms with Gasteiger partial charge in [-0.05, 0) is 67.1 Å². The smallest absolute Gasteiger partial charge is 0.387 e. The largest absolute Gasteiger partial charge is 0.457 e. The van der Waals surface area contributed by atoms with E-state index in [1.807, 2.05) is 30.3 Å². The quantitative estimate of drug-likeness (QED) is 0.334. The molecular weight excluding hydrogens is 432 g/mol. The van der Waals surface area contributed by atoms with Crippen LogP contribution in [0.3, 0.4) is 0 Å². The molecule has 6 nitrogen and oxygen atoms in total. The van der Waals surface area contributed by atoms with Crippen molar-refractivity contribution in [3.63, 3.8) is 0 Å². The predicted octanol–water partition coefficient (Wildman–Crippen LogP) is 5.66. The highest BCUT2D eigenvalue weighted by Gasteiger charge is 2.16. The molecular formula is C25H21F2NO5. The number of carbonyl (C=O) groups excluding carboxylic acids is 2. The number of ether oxygens (including phenoxy) is 3. The van der Waals surface area contributed by atoms with Gasteiger partial charge in [-0.15, -0.1) is 0 Å². The number of alkyl halides is 2. The van der Waals surface area contributed by atoms with Gasteiger partial charge in [0.05, 0.1) is 0 Å². The Morgan fingerprint density at radius 2 is 1.45 bits per heavy atom. The fraction of sp³-hybridized carbons (Fsp3) is 0.120. The second kappa shape index (κ2) is 11.4. The standard InChI is InChI=1S/C25H21F2NO5/c1-17(31-23(29)16-9-18-7-12-22(13-8-18)33-25(26)27)24(30)28-19-10-14-21(15-11-19)32-20-5-3-2-4-6-20/h2-17,25H,1H3,(H,28,30)/b16-9+/t17-/m0/s1. The van der Waals surface area contributed by atoms with Crippen LogP contribution >= 0.6 is 0 Å². The molecule has 0 aliphatic carbocycles. The molecule has 3 rings (SSSR count). The van der Waals surface area contributed by atoms with Crippen LogP contribution in [0.1, 0.15) is 12.5 Å². The molecule has 0 aliphatic rings. The molecule has 3 aromatic carbocycles. The summed E-state index contributed by atoms with van der Waals surface area (Å²) in [4.78, 5) is 24.3. The maximum atomic E-state index is 12.3. The zero-order chi connectivity index (χ0) is 23.6. The summed E-state index contributed by atoms with van der Waals surface area (Å²) in [7, 11) is 0. The molecule has 0 unspecified atom stereocenters. The minimum absolute atomic E-state index is 0.00896. The molecule has 0 aliphatic heterocycles. The first kappa shape index (κ1) is 23.5. The van der Waals surface area contributed by atoms with Crippen LogP contribution in [0, 0.1) is 0 Å². The summed E-state index contributed by atoms with van der Waals surface area (Å²) in [5.74, 6) is 0.0896. The lowest BCUT2D eigenvalue weighted by atomic mass is 10.2. The molecule has 8 heteroatoms. The van der Waals surface area contributed by atoms with Crippen molar-refractivity contribution in [3.8, 4) is 17.2 Å². The Bertz CT molecular complexity index is 1080. The monoisotopic (exact) mass is 453 g/mol. The third kappa shape index (κ3) is 7.77. The van der Waals surface area contributed by atoms with E-state index in [2.05, 4.69) is 10.1 Å². The minimum atomic E-state index is -2.91. The van der Waals surface area contributed by atoms with Crippen molar-refractivity contribution in [3.05, 3.63) is 90.5 Å². The molecule has 0 saturated carbocycles. The zero-order valence-corrected chi connectivity index (χ0v) is 17.6. The SMILES string of the molecule is C[C@H](OC(=O)/C=C/c1ccc(OC(F)F)cc1)C(=O)Nc1ccc(Oc2ccccc2)cc1. The zero-order valence-electron chi connectivity index (χ0n) is 17.6. The lowest BCUT2D eigenvalue weighted by Crippen LogP contribution is -2.29. The van der Waals surface area contributed by atoms with Crippen LogP contribution in [0.15, 0.2) is 84.9 Å². The van der Waals surface area contributed by atoms with Gasteiger partial charge >= 0.3 is 12.6 Å². The first-order valence-electron chi connectivity index (χ1n) is 9.96. The number of benzene rings is 3. The Labute approximate surface area is 189 Å². The highest BCUT2D eigenvalue weighted by molar-refractivity contribution is 5.96. The van der Waals surface area contributed by atoms with Crippen molar-refractivity contribution in [2.24, 2.45) is 0 Å². The van der Waals surface area contributed by atoms with Gasteiger partial charge in [0, 0.05) is 11.8 Å². The summed E-state index contributed by atoms with van der Waals surface area (Å²) >= 11 is 0. The Morgan fingerprint density at radius 3 is 2.09 bits per heavy atom. The van der Waals surface area contributed by atoms with Gasteiger partial charge in [0.1, 0.15) is 17.2 Å². The van der Waals surface area contributed by atoms with E-state index in [1.165, 1.54) is 37.3 Å². The van der Waals surface area contributed by atoms with Gasteiger partial charge in [0.15, 0.2) is 6.10 Å². The van der Waals surface area contributed by atoms with E-state index in [-0.39, 0.29) is 5.75 Å². The summed E-state index contributed by atoms with van der Waals surface area (Å²) < 4.78 is 39.4. The molecule has 1 N–H and O–H groups in total. The van der Waals surface area contributed by atoms with Crippen molar-refractivity contribution in [1.82, 2.24) is 0 Å². The van der Waals surface area contributed by atoms with Crippen LogP contribution in [0.2, 0.25) is 0 Å². The number of hydrogen-bond donors (Lipinski definition) is 1. The van der Waals surface area contributed by atoms with Gasteiger partial charge in [0.25, 0.3) is 5.91 Å². The van der Waals surface area contributed by atoms with Gasteiger partial charge < -0.3 is 19.5 Å². The lowest BCUT2D eigenvalue weighted by Gasteiger charge is -2.13. The predicted molar refractivity (Wildman–Crippen MR) is 119 cm³/mol. The molecule has 0 bridgehead atoms. The topological polar surface area (TPSA) is 73.9 Å². The van der Waals surface area contributed by atoms with E-state index in [4.69, 9.17) is 9.47 Å². The van der Waals surface area contributed by atoms with Crippen LogP contribution < -0.4 is 14.8 Å². The van der Waals surface area contributed by atoms with Crippen LogP contribution in [-0.4, -0.2) is 24.6 Å². The first-order chi connectivity index (χ1) is 15.9. The third-order valence-electron chi connectivity index (χ3n) is 4.28. The number of hydrogen-bond acceptors (Lipinski definition) is 5.